The number of benzene rings is 2. The number of nitrogens with zero attached hydrogens (tertiary/aromatic N) is 3. The van der Waals surface area contributed by atoms with E-state index in [1.807, 2.05) is 11.0 Å². The fourth-order valence-corrected chi connectivity index (χ4v) is 3.09. The maximum atomic E-state index is 12.6. The van der Waals surface area contributed by atoms with Gasteiger partial charge in [-0.2, -0.15) is 18.4 Å². The Labute approximate surface area is 161 Å². The number of carbonyl (C=O) groups excluding carboxylic acids is 1. The van der Waals surface area contributed by atoms with Crippen molar-refractivity contribution in [2.75, 3.05) is 36.4 Å². The number of halogens is 3. The molecule has 1 fully saturated rings. The SMILES string of the molecule is N#Cc1ccc(NC(=O)N2CCN(c3cccc(CC(F)(F)F)c3)CC2)cc1. The van der Waals surface area contributed by atoms with Crippen LogP contribution in [-0.4, -0.2) is 43.3 Å². The van der Waals surface area contributed by atoms with Gasteiger partial charge < -0.3 is 15.1 Å². The molecule has 3 rings (SSSR count). The summed E-state index contributed by atoms with van der Waals surface area (Å²) in [6.45, 7) is 2.00. The maximum absolute atomic E-state index is 12.6. The fourth-order valence-electron chi connectivity index (χ4n) is 3.09. The molecule has 0 radical (unpaired) electrons. The highest BCUT2D eigenvalue weighted by atomic mass is 19.4. The minimum atomic E-state index is -4.24. The quantitative estimate of drug-likeness (QED) is 0.864. The van der Waals surface area contributed by atoms with Crippen LogP contribution in [0, 0.1) is 11.3 Å². The van der Waals surface area contributed by atoms with Crippen LogP contribution in [0.25, 0.3) is 0 Å². The number of piperazine rings is 1. The third-order valence-corrected chi connectivity index (χ3v) is 4.51. The lowest BCUT2D eigenvalue weighted by molar-refractivity contribution is -0.127. The van der Waals surface area contributed by atoms with E-state index in [1.165, 1.54) is 6.07 Å². The van der Waals surface area contributed by atoms with Gasteiger partial charge in [0.05, 0.1) is 18.1 Å². The standard InChI is InChI=1S/C20H19F3N4O/c21-20(22,23)13-16-2-1-3-18(12-16)26-8-10-27(11-9-26)19(28)25-17-6-4-15(14-24)5-7-17/h1-7,12H,8-11,13H2,(H,25,28). The average Bonchev–Trinajstić information content (AvgIpc) is 2.67. The average molecular weight is 388 g/mol. The van der Waals surface area contributed by atoms with Crippen molar-refractivity contribution in [3.8, 4) is 6.07 Å². The first-order valence-electron chi connectivity index (χ1n) is 8.81. The number of nitrogens with one attached hydrogen (secondary N) is 1. The van der Waals surface area contributed by atoms with E-state index in [-0.39, 0.29) is 11.6 Å². The van der Waals surface area contributed by atoms with Gasteiger partial charge in [0, 0.05) is 37.6 Å². The molecule has 0 spiro atoms. The predicted octanol–water partition coefficient (Wildman–Crippen LogP) is 4.02. The monoisotopic (exact) mass is 388 g/mol. The van der Waals surface area contributed by atoms with Crippen molar-refractivity contribution in [1.29, 1.82) is 5.26 Å². The van der Waals surface area contributed by atoms with Crippen LogP contribution in [0.1, 0.15) is 11.1 Å². The summed E-state index contributed by atoms with van der Waals surface area (Å²) in [4.78, 5) is 16.0. The number of anilines is 2. The molecule has 146 valence electrons. The van der Waals surface area contributed by atoms with Crippen molar-refractivity contribution in [3.63, 3.8) is 0 Å². The molecule has 8 heteroatoms. The summed E-state index contributed by atoms with van der Waals surface area (Å²) in [7, 11) is 0. The lowest BCUT2D eigenvalue weighted by Gasteiger charge is -2.36. The van der Waals surface area contributed by atoms with Crippen molar-refractivity contribution in [2.24, 2.45) is 0 Å². The highest BCUT2D eigenvalue weighted by molar-refractivity contribution is 5.89. The predicted molar refractivity (Wildman–Crippen MR) is 100 cm³/mol. The van der Waals surface area contributed by atoms with Gasteiger partial charge >= 0.3 is 12.2 Å². The maximum Gasteiger partial charge on any atom is 0.393 e. The number of rotatable bonds is 3. The number of hydrogen-bond donors (Lipinski definition) is 1. The number of carbonyl (C=O) groups is 1. The van der Waals surface area contributed by atoms with Crippen LogP contribution < -0.4 is 10.2 Å². The Kier molecular flexibility index (Phi) is 5.73. The first-order chi connectivity index (χ1) is 13.3. The second-order valence-corrected chi connectivity index (χ2v) is 6.56. The largest absolute Gasteiger partial charge is 0.393 e. The van der Waals surface area contributed by atoms with Crippen LogP contribution >= 0.6 is 0 Å². The summed E-state index contributed by atoms with van der Waals surface area (Å²) in [6, 6.07) is 14.8. The van der Waals surface area contributed by atoms with Gasteiger partial charge in [-0.3, -0.25) is 0 Å². The van der Waals surface area contributed by atoms with Gasteiger partial charge in [-0.1, -0.05) is 12.1 Å². The smallest absolute Gasteiger partial charge is 0.368 e. The molecule has 0 bridgehead atoms. The molecule has 2 aromatic rings. The molecule has 1 N–H and O–H groups in total. The normalized spacial score (nSPS) is 14.5. The molecule has 1 heterocycles. The number of hydrogen-bond acceptors (Lipinski definition) is 3. The van der Waals surface area contributed by atoms with E-state index in [9.17, 15) is 18.0 Å². The van der Waals surface area contributed by atoms with Crippen molar-refractivity contribution in [1.82, 2.24) is 4.90 Å². The summed E-state index contributed by atoms with van der Waals surface area (Å²) in [6.07, 6.45) is -5.19. The zero-order valence-corrected chi connectivity index (χ0v) is 15.0. The molecule has 0 aromatic heterocycles. The van der Waals surface area contributed by atoms with Crippen LogP contribution in [0.3, 0.4) is 0 Å². The van der Waals surface area contributed by atoms with Gasteiger partial charge in [-0.15, -0.1) is 0 Å². The van der Waals surface area contributed by atoms with Crippen molar-refractivity contribution >= 4 is 17.4 Å². The van der Waals surface area contributed by atoms with Crippen LogP contribution in [0.2, 0.25) is 0 Å². The molecule has 0 unspecified atom stereocenters. The zero-order valence-electron chi connectivity index (χ0n) is 15.0. The van der Waals surface area contributed by atoms with Crippen LogP contribution in [0.4, 0.5) is 29.3 Å². The number of amides is 2. The molecule has 0 aliphatic carbocycles. The Hall–Kier alpha value is -3.21. The minimum absolute atomic E-state index is 0.228. The summed E-state index contributed by atoms with van der Waals surface area (Å²) < 4.78 is 37.8. The Morgan fingerprint density at radius 2 is 1.75 bits per heavy atom. The Balaban J connectivity index is 1.56. The summed E-state index contributed by atoms with van der Waals surface area (Å²) in [5, 5.41) is 11.6. The van der Waals surface area contributed by atoms with Gasteiger partial charge in [0.25, 0.3) is 0 Å². The van der Waals surface area contributed by atoms with Gasteiger partial charge in [0.2, 0.25) is 0 Å². The Morgan fingerprint density at radius 3 is 2.36 bits per heavy atom. The minimum Gasteiger partial charge on any atom is -0.368 e. The van der Waals surface area contributed by atoms with E-state index >= 15 is 0 Å². The van der Waals surface area contributed by atoms with E-state index in [0.717, 1.165) is 5.69 Å². The first-order valence-corrected chi connectivity index (χ1v) is 8.81. The zero-order chi connectivity index (χ0) is 20.1. The summed E-state index contributed by atoms with van der Waals surface area (Å²) >= 11 is 0. The molecule has 2 amide bonds. The van der Waals surface area contributed by atoms with Gasteiger partial charge in [0.1, 0.15) is 0 Å². The number of nitriles is 1. The third-order valence-electron chi connectivity index (χ3n) is 4.51. The molecule has 1 aliphatic heterocycles. The van der Waals surface area contributed by atoms with Crippen LogP contribution in [-0.2, 0) is 6.42 Å². The van der Waals surface area contributed by atoms with Gasteiger partial charge in [0.15, 0.2) is 0 Å². The second-order valence-electron chi connectivity index (χ2n) is 6.56. The van der Waals surface area contributed by atoms with Crippen molar-refractivity contribution < 1.29 is 18.0 Å². The topological polar surface area (TPSA) is 59.4 Å². The Bertz CT molecular complexity index is 866. The highest BCUT2D eigenvalue weighted by Crippen LogP contribution is 2.25. The number of alkyl halides is 3. The molecule has 0 saturated carbocycles. The van der Waals surface area contributed by atoms with Crippen molar-refractivity contribution in [2.45, 2.75) is 12.6 Å². The molecule has 1 saturated heterocycles. The number of urea groups is 1. The molecule has 28 heavy (non-hydrogen) atoms. The van der Waals surface area contributed by atoms with Gasteiger partial charge in [-0.05, 0) is 42.0 Å². The van der Waals surface area contributed by atoms with Crippen LogP contribution in [0.5, 0.6) is 0 Å². The molecule has 2 aromatic carbocycles. The van der Waals surface area contributed by atoms with E-state index < -0.39 is 12.6 Å². The van der Waals surface area contributed by atoms with E-state index in [1.54, 1.807) is 47.4 Å². The van der Waals surface area contributed by atoms with E-state index in [0.29, 0.717) is 37.4 Å². The van der Waals surface area contributed by atoms with Crippen LogP contribution in [0.15, 0.2) is 48.5 Å². The summed E-state index contributed by atoms with van der Waals surface area (Å²) in [5.74, 6) is 0. The fraction of sp³-hybridized carbons (Fsp3) is 0.300. The van der Waals surface area contributed by atoms with Gasteiger partial charge in [-0.25, -0.2) is 4.79 Å². The third kappa shape index (κ3) is 5.16. The molecular weight excluding hydrogens is 369 g/mol. The van der Waals surface area contributed by atoms with E-state index in [2.05, 4.69) is 5.32 Å². The van der Waals surface area contributed by atoms with E-state index in [4.69, 9.17) is 5.26 Å². The highest BCUT2D eigenvalue weighted by Gasteiger charge is 2.28. The second kappa shape index (κ2) is 8.21. The molecule has 1 aliphatic rings. The first kappa shape index (κ1) is 19.5. The summed E-state index contributed by atoms with van der Waals surface area (Å²) in [5.41, 5.74) is 2.07. The lowest BCUT2D eigenvalue weighted by Crippen LogP contribution is -2.50. The molecule has 5 nitrogen and oxygen atoms in total. The molecular formula is C20H19F3N4O. The lowest BCUT2D eigenvalue weighted by atomic mass is 10.1. The van der Waals surface area contributed by atoms with Crippen molar-refractivity contribution in [3.05, 3.63) is 59.7 Å². The molecule has 0 atom stereocenters. The Morgan fingerprint density at radius 1 is 1.07 bits per heavy atom.